The molecule has 0 aliphatic heterocycles. The standard InChI is InChI=1S/C12H14O/c13-9-12(11-7-4-8-11)10-5-2-1-3-6-10/h1-3,5-6,9,11-12H,4,7-8H2/t12-/m0/s1. The second-order valence-corrected chi connectivity index (χ2v) is 3.76. The molecule has 1 fully saturated rings. The average Bonchev–Trinajstić information content (AvgIpc) is 2.12. The normalized spacial score (nSPS) is 19.1. The van der Waals surface area contributed by atoms with Crippen molar-refractivity contribution in [3.05, 3.63) is 35.9 Å². The highest BCUT2D eigenvalue weighted by Gasteiger charge is 2.27. The molecule has 68 valence electrons. The first-order valence-corrected chi connectivity index (χ1v) is 4.92. The van der Waals surface area contributed by atoms with Crippen molar-refractivity contribution in [3.8, 4) is 0 Å². The van der Waals surface area contributed by atoms with Gasteiger partial charge < -0.3 is 4.79 Å². The van der Waals surface area contributed by atoms with Crippen LogP contribution in [-0.2, 0) is 4.79 Å². The van der Waals surface area contributed by atoms with E-state index < -0.39 is 0 Å². The van der Waals surface area contributed by atoms with E-state index in [1.54, 1.807) is 0 Å². The number of benzene rings is 1. The van der Waals surface area contributed by atoms with Gasteiger partial charge in [0.2, 0.25) is 0 Å². The van der Waals surface area contributed by atoms with E-state index in [9.17, 15) is 4.79 Å². The highest BCUT2D eigenvalue weighted by Crippen LogP contribution is 2.37. The van der Waals surface area contributed by atoms with Gasteiger partial charge in [-0.15, -0.1) is 0 Å². The van der Waals surface area contributed by atoms with Gasteiger partial charge in [0.15, 0.2) is 0 Å². The Bertz CT molecular complexity index is 274. The van der Waals surface area contributed by atoms with Crippen molar-refractivity contribution in [1.82, 2.24) is 0 Å². The van der Waals surface area contributed by atoms with Crippen molar-refractivity contribution in [3.63, 3.8) is 0 Å². The third-order valence-electron chi connectivity index (χ3n) is 2.99. The number of hydrogen-bond donors (Lipinski definition) is 0. The van der Waals surface area contributed by atoms with E-state index in [1.165, 1.54) is 24.8 Å². The van der Waals surface area contributed by atoms with Gasteiger partial charge in [0.1, 0.15) is 6.29 Å². The van der Waals surface area contributed by atoms with Crippen LogP contribution < -0.4 is 0 Å². The molecular formula is C12H14O. The number of carbonyl (C=O) groups is 1. The van der Waals surface area contributed by atoms with Crippen LogP contribution in [-0.4, -0.2) is 6.29 Å². The molecular weight excluding hydrogens is 160 g/mol. The maximum Gasteiger partial charge on any atom is 0.127 e. The molecule has 1 saturated carbocycles. The summed E-state index contributed by atoms with van der Waals surface area (Å²) in [5, 5.41) is 0. The third-order valence-corrected chi connectivity index (χ3v) is 2.99. The van der Waals surface area contributed by atoms with E-state index >= 15 is 0 Å². The number of aldehydes is 1. The second-order valence-electron chi connectivity index (χ2n) is 3.76. The lowest BCUT2D eigenvalue weighted by molar-refractivity contribution is -0.110. The molecule has 1 aromatic rings. The van der Waals surface area contributed by atoms with Crippen LogP contribution in [0.2, 0.25) is 0 Å². The van der Waals surface area contributed by atoms with Crippen molar-refractivity contribution in [2.45, 2.75) is 25.2 Å². The van der Waals surface area contributed by atoms with Gasteiger partial charge in [0.25, 0.3) is 0 Å². The first-order chi connectivity index (χ1) is 6.42. The van der Waals surface area contributed by atoms with Gasteiger partial charge in [-0.05, 0) is 24.3 Å². The van der Waals surface area contributed by atoms with Crippen LogP contribution in [0.1, 0.15) is 30.7 Å². The van der Waals surface area contributed by atoms with Crippen LogP contribution in [0.4, 0.5) is 0 Å². The SMILES string of the molecule is O=C[C@@H](c1ccccc1)C1CCC1. The summed E-state index contributed by atoms with van der Waals surface area (Å²) in [7, 11) is 0. The topological polar surface area (TPSA) is 17.1 Å². The van der Waals surface area contributed by atoms with Crippen molar-refractivity contribution >= 4 is 6.29 Å². The molecule has 0 spiro atoms. The Morgan fingerprint density at radius 3 is 2.38 bits per heavy atom. The lowest BCUT2D eigenvalue weighted by Gasteiger charge is -2.30. The molecule has 0 bridgehead atoms. The Hall–Kier alpha value is -1.11. The summed E-state index contributed by atoms with van der Waals surface area (Å²) in [5.74, 6) is 0.759. The Kier molecular flexibility index (Phi) is 2.44. The van der Waals surface area contributed by atoms with Gasteiger partial charge in [0.05, 0.1) is 0 Å². The Morgan fingerprint density at radius 1 is 1.23 bits per heavy atom. The zero-order valence-electron chi connectivity index (χ0n) is 7.65. The smallest absolute Gasteiger partial charge is 0.127 e. The average molecular weight is 174 g/mol. The van der Waals surface area contributed by atoms with Gasteiger partial charge in [-0.3, -0.25) is 0 Å². The minimum Gasteiger partial charge on any atom is -0.303 e. The summed E-state index contributed by atoms with van der Waals surface area (Å²) in [6.07, 6.45) is 4.84. The van der Waals surface area contributed by atoms with E-state index in [0.717, 1.165) is 6.29 Å². The van der Waals surface area contributed by atoms with E-state index in [0.29, 0.717) is 5.92 Å². The van der Waals surface area contributed by atoms with Crippen molar-refractivity contribution in [1.29, 1.82) is 0 Å². The third kappa shape index (κ3) is 1.64. The fourth-order valence-corrected chi connectivity index (χ4v) is 1.94. The highest BCUT2D eigenvalue weighted by atomic mass is 16.1. The first-order valence-electron chi connectivity index (χ1n) is 4.92. The number of rotatable bonds is 3. The maximum absolute atomic E-state index is 10.9. The minimum atomic E-state index is 0.148. The van der Waals surface area contributed by atoms with Crippen LogP contribution in [0.3, 0.4) is 0 Å². The molecule has 0 radical (unpaired) electrons. The van der Waals surface area contributed by atoms with Gasteiger partial charge in [0, 0.05) is 5.92 Å². The molecule has 1 atom stereocenters. The first kappa shape index (κ1) is 8.49. The molecule has 0 unspecified atom stereocenters. The Morgan fingerprint density at radius 2 is 1.92 bits per heavy atom. The summed E-state index contributed by atoms with van der Waals surface area (Å²) >= 11 is 0. The minimum absolute atomic E-state index is 0.148. The Labute approximate surface area is 78.8 Å². The fraction of sp³-hybridized carbons (Fsp3) is 0.417. The molecule has 13 heavy (non-hydrogen) atoms. The molecule has 0 amide bonds. The van der Waals surface area contributed by atoms with Gasteiger partial charge in [-0.2, -0.15) is 0 Å². The summed E-state index contributed by atoms with van der Waals surface area (Å²) < 4.78 is 0. The summed E-state index contributed by atoms with van der Waals surface area (Å²) in [4.78, 5) is 10.9. The van der Waals surface area contributed by atoms with Crippen LogP contribution in [0.5, 0.6) is 0 Å². The van der Waals surface area contributed by atoms with E-state index in [-0.39, 0.29) is 5.92 Å². The quantitative estimate of drug-likeness (QED) is 0.644. The molecule has 1 nitrogen and oxygen atoms in total. The number of hydrogen-bond acceptors (Lipinski definition) is 1. The van der Waals surface area contributed by atoms with Crippen LogP contribution in [0.25, 0.3) is 0 Å². The van der Waals surface area contributed by atoms with E-state index in [4.69, 9.17) is 0 Å². The molecule has 2 rings (SSSR count). The highest BCUT2D eigenvalue weighted by molar-refractivity contribution is 5.62. The zero-order valence-corrected chi connectivity index (χ0v) is 7.65. The molecule has 0 heterocycles. The van der Waals surface area contributed by atoms with Crippen molar-refractivity contribution in [2.75, 3.05) is 0 Å². The number of carbonyl (C=O) groups excluding carboxylic acids is 1. The predicted octanol–water partition coefficient (Wildman–Crippen LogP) is 2.77. The van der Waals surface area contributed by atoms with Crippen LogP contribution in [0.15, 0.2) is 30.3 Å². The molecule has 1 aliphatic rings. The van der Waals surface area contributed by atoms with Gasteiger partial charge in [-0.25, -0.2) is 0 Å². The van der Waals surface area contributed by atoms with Crippen LogP contribution in [0, 0.1) is 5.92 Å². The maximum atomic E-state index is 10.9. The Balaban J connectivity index is 2.16. The van der Waals surface area contributed by atoms with Crippen molar-refractivity contribution in [2.24, 2.45) is 5.92 Å². The largest absolute Gasteiger partial charge is 0.303 e. The molecule has 1 heteroatoms. The summed E-state index contributed by atoms with van der Waals surface area (Å²) in [6, 6.07) is 10.1. The van der Waals surface area contributed by atoms with E-state index in [2.05, 4.69) is 12.1 Å². The van der Waals surface area contributed by atoms with Crippen LogP contribution >= 0.6 is 0 Å². The summed E-state index contributed by atoms with van der Waals surface area (Å²) in [5.41, 5.74) is 1.18. The monoisotopic (exact) mass is 174 g/mol. The molecule has 1 aromatic carbocycles. The van der Waals surface area contributed by atoms with Gasteiger partial charge >= 0.3 is 0 Å². The fourth-order valence-electron chi connectivity index (χ4n) is 1.94. The summed E-state index contributed by atoms with van der Waals surface area (Å²) in [6.45, 7) is 0. The lowest BCUT2D eigenvalue weighted by atomic mass is 9.74. The molecule has 1 aliphatic carbocycles. The second kappa shape index (κ2) is 3.73. The molecule has 0 aromatic heterocycles. The van der Waals surface area contributed by atoms with Gasteiger partial charge in [-0.1, -0.05) is 36.8 Å². The zero-order chi connectivity index (χ0) is 9.10. The predicted molar refractivity (Wildman–Crippen MR) is 52.6 cm³/mol. The molecule has 0 N–H and O–H groups in total. The van der Waals surface area contributed by atoms with Crippen molar-refractivity contribution < 1.29 is 4.79 Å². The molecule has 0 saturated heterocycles. The lowest BCUT2D eigenvalue weighted by Crippen LogP contribution is -2.21. The van der Waals surface area contributed by atoms with E-state index in [1.807, 2.05) is 18.2 Å².